The van der Waals surface area contributed by atoms with Gasteiger partial charge in [0.05, 0.1) is 14.2 Å². The summed E-state index contributed by atoms with van der Waals surface area (Å²) in [5.74, 6) is 1.18. The van der Waals surface area contributed by atoms with Crippen LogP contribution < -0.4 is 15.2 Å². The van der Waals surface area contributed by atoms with Crippen molar-refractivity contribution >= 4 is 5.91 Å². The summed E-state index contributed by atoms with van der Waals surface area (Å²) in [6, 6.07) is 5.22. The minimum Gasteiger partial charge on any atom is -0.493 e. The fourth-order valence-corrected chi connectivity index (χ4v) is 2.02. The minimum absolute atomic E-state index is 0.00116. The molecule has 1 aromatic rings. The van der Waals surface area contributed by atoms with E-state index in [-0.39, 0.29) is 5.91 Å². The third-order valence-corrected chi connectivity index (χ3v) is 3.04. The molecule has 20 heavy (non-hydrogen) atoms. The van der Waals surface area contributed by atoms with E-state index in [2.05, 4.69) is 6.92 Å². The Bertz CT molecular complexity index is 435. The van der Waals surface area contributed by atoms with Crippen molar-refractivity contribution in [1.82, 2.24) is 4.90 Å². The summed E-state index contributed by atoms with van der Waals surface area (Å²) in [7, 11) is 3.13. The molecule has 0 atom stereocenters. The van der Waals surface area contributed by atoms with Crippen molar-refractivity contribution in [2.75, 3.05) is 33.9 Å². The number of benzene rings is 1. The molecular weight excluding hydrogens is 256 g/mol. The first-order valence-electron chi connectivity index (χ1n) is 6.89. The summed E-state index contributed by atoms with van der Waals surface area (Å²) in [6.45, 7) is 4.04. The minimum atomic E-state index is 0.00116. The highest BCUT2D eigenvalue weighted by Gasteiger charge is 2.16. The van der Waals surface area contributed by atoms with Crippen molar-refractivity contribution in [1.29, 1.82) is 0 Å². The predicted octanol–water partition coefficient (Wildman–Crippen LogP) is 1.90. The molecule has 1 aromatic carbocycles. The summed E-state index contributed by atoms with van der Waals surface area (Å²) in [5, 5.41) is 0. The zero-order valence-electron chi connectivity index (χ0n) is 12.5. The maximum atomic E-state index is 12.5. The molecule has 0 aliphatic heterocycles. The molecule has 0 saturated heterocycles. The van der Waals surface area contributed by atoms with Gasteiger partial charge in [-0.1, -0.05) is 6.92 Å². The van der Waals surface area contributed by atoms with E-state index in [1.54, 1.807) is 32.4 Å². The summed E-state index contributed by atoms with van der Waals surface area (Å²) < 4.78 is 10.4. The maximum Gasteiger partial charge on any atom is 0.253 e. The van der Waals surface area contributed by atoms with Crippen molar-refractivity contribution in [2.45, 2.75) is 19.8 Å². The molecule has 0 saturated carbocycles. The lowest BCUT2D eigenvalue weighted by molar-refractivity contribution is 0.0754. The fraction of sp³-hybridized carbons (Fsp3) is 0.533. The summed E-state index contributed by atoms with van der Waals surface area (Å²) >= 11 is 0. The van der Waals surface area contributed by atoms with Gasteiger partial charge in [-0.05, 0) is 37.6 Å². The monoisotopic (exact) mass is 280 g/mol. The Hall–Kier alpha value is -1.75. The molecule has 0 fully saturated rings. The topological polar surface area (TPSA) is 64.8 Å². The Kier molecular flexibility index (Phi) is 6.87. The lowest BCUT2D eigenvalue weighted by atomic mass is 10.1. The first kappa shape index (κ1) is 16.3. The highest BCUT2D eigenvalue weighted by molar-refractivity contribution is 5.95. The van der Waals surface area contributed by atoms with Gasteiger partial charge in [-0.15, -0.1) is 0 Å². The van der Waals surface area contributed by atoms with Crippen LogP contribution in [0.2, 0.25) is 0 Å². The smallest absolute Gasteiger partial charge is 0.253 e. The Morgan fingerprint density at radius 3 is 2.45 bits per heavy atom. The van der Waals surface area contributed by atoms with E-state index in [4.69, 9.17) is 15.2 Å². The van der Waals surface area contributed by atoms with Gasteiger partial charge in [-0.2, -0.15) is 0 Å². The van der Waals surface area contributed by atoms with Gasteiger partial charge in [0, 0.05) is 18.7 Å². The Labute approximate surface area is 120 Å². The number of hydrogen-bond donors (Lipinski definition) is 1. The van der Waals surface area contributed by atoms with E-state index in [0.717, 1.165) is 19.4 Å². The van der Waals surface area contributed by atoms with Crippen molar-refractivity contribution in [3.8, 4) is 11.5 Å². The molecule has 0 aliphatic rings. The van der Waals surface area contributed by atoms with Crippen molar-refractivity contribution in [3.05, 3.63) is 23.8 Å². The second-order valence-corrected chi connectivity index (χ2v) is 4.50. The molecule has 0 unspecified atom stereocenters. The van der Waals surface area contributed by atoms with Crippen LogP contribution in [-0.2, 0) is 0 Å². The summed E-state index contributed by atoms with van der Waals surface area (Å²) in [5.41, 5.74) is 6.13. The first-order valence-corrected chi connectivity index (χ1v) is 6.89. The number of nitrogens with two attached hydrogens (primary N) is 1. The third kappa shape index (κ3) is 4.13. The molecule has 2 N–H and O–H groups in total. The molecule has 0 spiro atoms. The van der Waals surface area contributed by atoms with Gasteiger partial charge in [-0.3, -0.25) is 4.79 Å². The lowest BCUT2D eigenvalue weighted by Crippen LogP contribution is -2.33. The number of hydrogen-bond acceptors (Lipinski definition) is 4. The van der Waals surface area contributed by atoms with Gasteiger partial charge >= 0.3 is 0 Å². The summed E-state index contributed by atoms with van der Waals surface area (Å²) in [6.07, 6.45) is 1.72. The van der Waals surface area contributed by atoms with E-state index < -0.39 is 0 Å². The second-order valence-electron chi connectivity index (χ2n) is 4.50. The van der Waals surface area contributed by atoms with Gasteiger partial charge in [-0.25, -0.2) is 0 Å². The lowest BCUT2D eigenvalue weighted by Gasteiger charge is -2.22. The van der Waals surface area contributed by atoms with E-state index in [1.807, 2.05) is 4.90 Å². The molecule has 0 aromatic heterocycles. The average Bonchev–Trinajstić information content (AvgIpc) is 2.49. The molecule has 0 heterocycles. The van der Waals surface area contributed by atoms with E-state index in [1.165, 1.54) is 0 Å². The van der Waals surface area contributed by atoms with Crippen LogP contribution in [0, 0.1) is 0 Å². The molecule has 1 rings (SSSR count). The predicted molar refractivity (Wildman–Crippen MR) is 79.4 cm³/mol. The number of amides is 1. The number of nitrogens with zero attached hydrogens (tertiary/aromatic N) is 1. The van der Waals surface area contributed by atoms with E-state index in [0.29, 0.717) is 30.2 Å². The van der Waals surface area contributed by atoms with Crippen LogP contribution in [0.4, 0.5) is 0 Å². The molecule has 1 amide bonds. The van der Waals surface area contributed by atoms with Crippen LogP contribution in [0.3, 0.4) is 0 Å². The SMILES string of the molecule is CCCN(CCCN)C(=O)c1ccc(OC)c(OC)c1. The normalized spacial score (nSPS) is 10.2. The van der Waals surface area contributed by atoms with Gasteiger partial charge in [0.1, 0.15) is 0 Å². The first-order chi connectivity index (χ1) is 9.67. The van der Waals surface area contributed by atoms with Crippen molar-refractivity contribution in [3.63, 3.8) is 0 Å². The number of rotatable bonds is 8. The second kappa shape index (κ2) is 8.43. The Balaban J connectivity index is 2.93. The van der Waals surface area contributed by atoms with E-state index in [9.17, 15) is 4.79 Å². The highest BCUT2D eigenvalue weighted by Crippen LogP contribution is 2.28. The van der Waals surface area contributed by atoms with Crippen LogP contribution in [0.25, 0.3) is 0 Å². The van der Waals surface area contributed by atoms with Gasteiger partial charge in [0.25, 0.3) is 5.91 Å². The van der Waals surface area contributed by atoms with Crippen molar-refractivity contribution in [2.24, 2.45) is 5.73 Å². The third-order valence-electron chi connectivity index (χ3n) is 3.04. The van der Waals surface area contributed by atoms with Crippen LogP contribution in [0.1, 0.15) is 30.1 Å². The van der Waals surface area contributed by atoms with Crippen LogP contribution in [0.15, 0.2) is 18.2 Å². The standard InChI is InChI=1S/C15H24N2O3/c1-4-9-17(10-5-8-16)15(18)12-6-7-13(19-2)14(11-12)20-3/h6-7,11H,4-5,8-10,16H2,1-3H3. The molecular formula is C15H24N2O3. The summed E-state index contributed by atoms with van der Waals surface area (Å²) in [4.78, 5) is 14.3. The largest absolute Gasteiger partial charge is 0.493 e. The van der Waals surface area contributed by atoms with Crippen LogP contribution in [0.5, 0.6) is 11.5 Å². The molecule has 5 heteroatoms. The molecule has 0 radical (unpaired) electrons. The maximum absolute atomic E-state index is 12.5. The molecule has 112 valence electrons. The van der Waals surface area contributed by atoms with Crippen LogP contribution >= 0.6 is 0 Å². The van der Waals surface area contributed by atoms with Gasteiger partial charge in [0.15, 0.2) is 11.5 Å². The number of carbonyl (C=O) groups excluding carboxylic acids is 1. The van der Waals surface area contributed by atoms with Crippen LogP contribution in [-0.4, -0.2) is 44.7 Å². The molecule has 0 bridgehead atoms. The quantitative estimate of drug-likeness (QED) is 0.790. The highest BCUT2D eigenvalue weighted by atomic mass is 16.5. The Morgan fingerprint density at radius 2 is 1.90 bits per heavy atom. The number of ether oxygens (including phenoxy) is 2. The fourth-order valence-electron chi connectivity index (χ4n) is 2.02. The molecule has 5 nitrogen and oxygen atoms in total. The van der Waals surface area contributed by atoms with Gasteiger partial charge in [0.2, 0.25) is 0 Å². The molecule has 0 aliphatic carbocycles. The average molecular weight is 280 g/mol. The zero-order chi connectivity index (χ0) is 15.0. The van der Waals surface area contributed by atoms with Crippen molar-refractivity contribution < 1.29 is 14.3 Å². The van der Waals surface area contributed by atoms with Gasteiger partial charge < -0.3 is 20.1 Å². The Morgan fingerprint density at radius 1 is 1.20 bits per heavy atom. The zero-order valence-corrected chi connectivity index (χ0v) is 12.5. The number of methoxy groups -OCH3 is 2. The van der Waals surface area contributed by atoms with E-state index >= 15 is 0 Å². The number of carbonyl (C=O) groups is 1.